The van der Waals surface area contributed by atoms with Gasteiger partial charge in [0.25, 0.3) is 5.91 Å². The summed E-state index contributed by atoms with van der Waals surface area (Å²) in [6, 6.07) is 8.89. The van der Waals surface area contributed by atoms with Crippen molar-refractivity contribution in [1.29, 1.82) is 0 Å². The van der Waals surface area contributed by atoms with E-state index in [1.165, 1.54) is 10.4 Å². The fraction of sp³-hybridized carbons (Fsp3) is 0.417. The number of benzene rings is 2. The number of nitrogens with one attached hydrogen (secondary N) is 2. The topological polar surface area (TPSA) is 105 Å². The Morgan fingerprint density at radius 3 is 2.52 bits per heavy atom. The molecule has 176 valence electrons. The summed E-state index contributed by atoms with van der Waals surface area (Å²) in [4.78, 5) is 24.8. The van der Waals surface area contributed by atoms with E-state index < -0.39 is 16.1 Å². The Kier molecular flexibility index (Phi) is 6.20. The van der Waals surface area contributed by atoms with E-state index in [0.29, 0.717) is 29.8 Å². The highest BCUT2D eigenvalue weighted by Gasteiger charge is 2.34. The molecule has 9 heteroatoms. The standard InChI is InChI=1S/C24H29N3O5S/c1-14-6-5-7-19(16(14)3)25-24(29)18-8-10-27(11-9-18)33(30,31)22-13-21-20(12-15(22)2)26-23(28)17(4)32-21/h5-7,12-13,17-18H,8-11H2,1-4H3,(H,25,29)(H,26,28)/t17-/m1/s1. The lowest BCUT2D eigenvalue weighted by molar-refractivity contribution is -0.123. The molecule has 1 atom stereocenters. The molecule has 8 nitrogen and oxygen atoms in total. The number of hydrogen-bond donors (Lipinski definition) is 2. The maximum Gasteiger partial charge on any atom is 0.265 e. The number of anilines is 2. The largest absolute Gasteiger partial charge is 0.479 e. The first-order valence-electron chi connectivity index (χ1n) is 11.1. The van der Waals surface area contributed by atoms with Crippen LogP contribution in [0.25, 0.3) is 0 Å². The van der Waals surface area contributed by atoms with E-state index in [9.17, 15) is 18.0 Å². The number of hydrogen-bond acceptors (Lipinski definition) is 5. The smallest absolute Gasteiger partial charge is 0.265 e. The number of rotatable bonds is 4. The zero-order valence-electron chi connectivity index (χ0n) is 19.3. The lowest BCUT2D eigenvalue weighted by Crippen LogP contribution is -2.41. The molecule has 2 amide bonds. The molecule has 1 saturated heterocycles. The van der Waals surface area contributed by atoms with Crippen molar-refractivity contribution in [3.8, 4) is 5.75 Å². The Morgan fingerprint density at radius 1 is 1.12 bits per heavy atom. The van der Waals surface area contributed by atoms with Crippen molar-refractivity contribution in [3.63, 3.8) is 0 Å². The fourth-order valence-electron chi connectivity index (χ4n) is 4.24. The average Bonchev–Trinajstić information content (AvgIpc) is 2.77. The molecule has 0 saturated carbocycles. The summed E-state index contributed by atoms with van der Waals surface area (Å²) in [5, 5.41) is 5.74. The normalized spacial score (nSPS) is 19.4. The predicted octanol–water partition coefficient (Wildman–Crippen LogP) is 3.37. The first-order valence-corrected chi connectivity index (χ1v) is 12.5. The summed E-state index contributed by atoms with van der Waals surface area (Å²) in [6.07, 6.45) is 0.203. The van der Waals surface area contributed by atoms with E-state index in [4.69, 9.17) is 4.74 Å². The first kappa shape index (κ1) is 23.3. The predicted molar refractivity (Wildman–Crippen MR) is 126 cm³/mol. The molecule has 0 unspecified atom stereocenters. The summed E-state index contributed by atoms with van der Waals surface area (Å²) in [7, 11) is -3.77. The number of fused-ring (bicyclic) bond motifs is 1. The van der Waals surface area contributed by atoms with Crippen LogP contribution >= 0.6 is 0 Å². The quantitative estimate of drug-likeness (QED) is 0.711. The number of carbonyl (C=O) groups is 2. The van der Waals surface area contributed by atoms with E-state index in [1.807, 2.05) is 32.0 Å². The Balaban J connectivity index is 1.46. The van der Waals surface area contributed by atoms with Crippen molar-refractivity contribution in [1.82, 2.24) is 4.31 Å². The SMILES string of the molecule is Cc1cc2c(cc1S(=O)(=O)N1CCC(C(=O)Nc3cccc(C)c3C)CC1)O[C@H](C)C(=O)N2. The van der Waals surface area contributed by atoms with Gasteiger partial charge in [-0.15, -0.1) is 0 Å². The van der Waals surface area contributed by atoms with E-state index in [0.717, 1.165) is 16.8 Å². The zero-order chi connectivity index (χ0) is 23.9. The molecule has 2 heterocycles. The van der Waals surface area contributed by atoms with Gasteiger partial charge in [0.05, 0.1) is 10.6 Å². The van der Waals surface area contributed by atoms with Crippen molar-refractivity contribution in [3.05, 3.63) is 47.0 Å². The van der Waals surface area contributed by atoms with Gasteiger partial charge >= 0.3 is 0 Å². The first-order chi connectivity index (χ1) is 15.6. The summed E-state index contributed by atoms with van der Waals surface area (Å²) in [5.41, 5.74) is 3.92. The number of aryl methyl sites for hydroxylation is 2. The van der Waals surface area contributed by atoms with Crippen LogP contribution in [0.2, 0.25) is 0 Å². The lowest BCUT2D eigenvalue weighted by atomic mass is 9.97. The lowest BCUT2D eigenvalue weighted by Gasteiger charge is -2.31. The molecule has 4 rings (SSSR count). The van der Waals surface area contributed by atoms with E-state index >= 15 is 0 Å². The molecule has 0 spiro atoms. The van der Waals surface area contributed by atoms with Crippen LogP contribution in [-0.4, -0.2) is 43.7 Å². The fourth-order valence-corrected chi connectivity index (χ4v) is 5.93. The Bertz CT molecular complexity index is 1220. The molecule has 2 aromatic rings. The number of amides is 2. The molecular formula is C24H29N3O5S. The van der Waals surface area contributed by atoms with Gasteiger partial charge in [-0.25, -0.2) is 8.42 Å². The highest BCUT2D eigenvalue weighted by molar-refractivity contribution is 7.89. The van der Waals surface area contributed by atoms with Crippen molar-refractivity contribution in [2.24, 2.45) is 5.92 Å². The van der Waals surface area contributed by atoms with Crippen LogP contribution < -0.4 is 15.4 Å². The summed E-state index contributed by atoms with van der Waals surface area (Å²) in [6.45, 7) is 7.80. The van der Waals surface area contributed by atoms with Gasteiger partial charge < -0.3 is 15.4 Å². The minimum absolute atomic E-state index is 0.0798. The summed E-state index contributed by atoms with van der Waals surface area (Å²) >= 11 is 0. The van der Waals surface area contributed by atoms with Crippen molar-refractivity contribution in [2.45, 2.75) is 51.5 Å². The average molecular weight is 472 g/mol. The third-order valence-electron chi connectivity index (χ3n) is 6.51. The minimum atomic E-state index is -3.77. The van der Waals surface area contributed by atoms with Gasteiger partial charge in [-0.1, -0.05) is 12.1 Å². The van der Waals surface area contributed by atoms with Gasteiger partial charge in [0, 0.05) is 30.8 Å². The van der Waals surface area contributed by atoms with E-state index in [-0.39, 0.29) is 35.7 Å². The maximum atomic E-state index is 13.4. The molecular weight excluding hydrogens is 442 g/mol. The summed E-state index contributed by atoms with van der Waals surface area (Å²) in [5.74, 6) is -0.253. The molecule has 2 aromatic carbocycles. The molecule has 2 aliphatic rings. The second-order valence-electron chi connectivity index (χ2n) is 8.78. The number of ether oxygens (including phenoxy) is 1. The third kappa shape index (κ3) is 4.47. The Morgan fingerprint density at radius 2 is 1.82 bits per heavy atom. The second-order valence-corrected chi connectivity index (χ2v) is 10.7. The molecule has 2 N–H and O–H groups in total. The highest BCUT2D eigenvalue weighted by Crippen LogP contribution is 2.36. The van der Waals surface area contributed by atoms with E-state index in [2.05, 4.69) is 10.6 Å². The van der Waals surface area contributed by atoms with Crippen molar-refractivity contribution < 1.29 is 22.7 Å². The van der Waals surface area contributed by atoms with Crippen LogP contribution in [0, 0.1) is 26.7 Å². The van der Waals surface area contributed by atoms with Crippen molar-refractivity contribution in [2.75, 3.05) is 23.7 Å². The number of piperidine rings is 1. The van der Waals surface area contributed by atoms with Crippen LogP contribution in [-0.2, 0) is 19.6 Å². The van der Waals surface area contributed by atoms with Crippen LogP contribution in [0.5, 0.6) is 5.75 Å². The number of sulfonamides is 1. The molecule has 0 radical (unpaired) electrons. The van der Waals surface area contributed by atoms with Gasteiger partial charge in [-0.05, 0) is 69.4 Å². The molecule has 0 bridgehead atoms. The van der Waals surface area contributed by atoms with Crippen molar-refractivity contribution >= 4 is 33.2 Å². The summed E-state index contributed by atoms with van der Waals surface area (Å²) < 4.78 is 33.8. The monoisotopic (exact) mass is 471 g/mol. The van der Waals surface area contributed by atoms with Gasteiger partial charge in [-0.3, -0.25) is 9.59 Å². The third-order valence-corrected chi connectivity index (χ3v) is 8.55. The molecule has 0 aliphatic carbocycles. The molecule has 0 aromatic heterocycles. The van der Waals surface area contributed by atoms with Gasteiger partial charge in [-0.2, -0.15) is 4.31 Å². The molecule has 33 heavy (non-hydrogen) atoms. The Labute approximate surface area is 194 Å². The van der Waals surface area contributed by atoms with Crippen LogP contribution in [0.4, 0.5) is 11.4 Å². The maximum absolute atomic E-state index is 13.4. The zero-order valence-corrected chi connectivity index (χ0v) is 20.1. The van der Waals surface area contributed by atoms with Crippen LogP contribution in [0.15, 0.2) is 35.2 Å². The Hall–Kier alpha value is -2.91. The number of carbonyl (C=O) groups excluding carboxylic acids is 2. The minimum Gasteiger partial charge on any atom is -0.479 e. The van der Waals surface area contributed by atoms with Crippen LogP contribution in [0.3, 0.4) is 0 Å². The van der Waals surface area contributed by atoms with Gasteiger partial charge in [0.15, 0.2) is 6.10 Å². The second kappa shape index (κ2) is 8.79. The highest BCUT2D eigenvalue weighted by atomic mass is 32.2. The molecule has 2 aliphatic heterocycles. The van der Waals surface area contributed by atoms with E-state index in [1.54, 1.807) is 19.9 Å². The molecule has 1 fully saturated rings. The number of nitrogens with zero attached hydrogens (tertiary/aromatic N) is 1. The van der Waals surface area contributed by atoms with Gasteiger partial charge in [0.1, 0.15) is 5.75 Å². The van der Waals surface area contributed by atoms with Gasteiger partial charge in [0.2, 0.25) is 15.9 Å². The van der Waals surface area contributed by atoms with Crippen LogP contribution in [0.1, 0.15) is 36.5 Å².